The standard InChI is InChI=1S/C14H15Cl2N3O3S2/c1-8(2)11(13(20)18-14-17-6-7-23-14)19-24(21,22)12-9(15)4-3-5-10(12)16/h3-8,11,19H,1-2H3,(H,17,18,20)/t11-/m0/s1. The molecule has 0 aliphatic heterocycles. The monoisotopic (exact) mass is 407 g/mol. The van der Waals surface area contributed by atoms with E-state index in [2.05, 4.69) is 15.0 Å². The lowest BCUT2D eigenvalue weighted by atomic mass is 10.1. The van der Waals surface area contributed by atoms with Crippen molar-refractivity contribution in [2.45, 2.75) is 24.8 Å². The molecule has 1 aromatic heterocycles. The zero-order valence-electron chi connectivity index (χ0n) is 12.8. The van der Waals surface area contributed by atoms with Gasteiger partial charge in [-0.3, -0.25) is 4.79 Å². The molecule has 1 atom stereocenters. The van der Waals surface area contributed by atoms with Gasteiger partial charge >= 0.3 is 0 Å². The number of nitrogens with one attached hydrogen (secondary N) is 2. The fourth-order valence-corrected chi connectivity index (χ4v) is 4.95. The maximum Gasteiger partial charge on any atom is 0.244 e. The van der Waals surface area contributed by atoms with Gasteiger partial charge in [0.05, 0.1) is 10.0 Å². The van der Waals surface area contributed by atoms with Crippen molar-refractivity contribution >= 4 is 55.6 Å². The second kappa shape index (κ2) is 7.79. The molecule has 0 aliphatic rings. The van der Waals surface area contributed by atoms with Crippen LogP contribution in [0.1, 0.15) is 13.8 Å². The van der Waals surface area contributed by atoms with E-state index in [9.17, 15) is 13.2 Å². The van der Waals surface area contributed by atoms with Gasteiger partial charge in [0.1, 0.15) is 10.9 Å². The van der Waals surface area contributed by atoms with E-state index in [0.29, 0.717) is 5.13 Å². The van der Waals surface area contributed by atoms with Crippen molar-refractivity contribution in [1.29, 1.82) is 0 Å². The third-order valence-corrected chi connectivity index (χ3v) is 6.17. The number of amides is 1. The normalized spacial score (nSPS) is 13.0. The minimum absolute atomic E-state index is 0.0159. The molecule has 0 unspecified atom stereocenters. The Morgan fingerprint density at radius 2 is 1.88 bits per heavy atom. The molecule has 1 heterocycles. The first kappa shape index (κ1) is 19.1. The van der Waals surface area contributed by atoms with Crippen LogP contribution in [0.25, 0.3) is 0 Å². The first-order chi connectivity index (χ1) is 11.2. The minimum atomic E-state index is -4.08. The third-order valence-electron chi connectivity index (χ3n) is 3.08. The molecule has 0 saturated heterocycles. The highest BCUT2D eigenvalue weighted by molar-refractivity contribution is 7.89. The Balaban J connectivity index is 2.28. The second-order valence-corrected chi connectivity index (χ2v) is 8.58. The highest BCUT2D eigenvalue weighted by Crippen LogP contribution is 2.29. The highest BCUT2D eigenvalue weighted by Gasteiger charge is 2.31. The number of hydrogen-bond donors (Lipinski definition) is 2. The first-order valence-electron chi connectivity index (χ1n) is 6.89. The molecule has 6 nitrogen and oxygen atoms in total. The number of carbonyl (C=O) groups excluding carboxylic acids is 1. The molecular weight excluding hydrogens is 393 g/mol. The van der Waals surface area contributed by atoms with Crippen molar-refractivity contribution in [3.8, 4) is 0 Å². The minimum Gasteiger partial charge on any atom is -0.301 e. The molecule has 0 bridgehead atoms. The summed E-state index contributed by atoms with van der Waals surface area (Å²) in [5, 5.41) is 4.64. The zero-order valence-corrected chi connectivity index (χ0v) is 15.9. The van der Waals surface area contributed by atoms with E-state index in [1.165, 1.54) is 23.5 Å². The Morgan fingerprint density at radius 1 is 1.25 bits per heavy atom. The van der Waals surface area contributed by atoms with Crippen molar-refractivity contribution in [3.63, 3.8) is 0 Å². The van der Waals surface area contributed by atoms with Crippen LogP contribution in [0.15, 0.2) is 34.7 Å². The lowest BCUT2D eigenvalue weighted by Crippen LogP contribution is -2.47. The fourth-order valence-electron chi connectivity index (χ4n) is 1.93. The predicted octanol–water partition coefficient (Wildman–Crippen LogP) is 3.39. The van der Waals surface area contributed by atoms with E-state index < -0.39 is 22.0 Å². The van der Waals surface area contributed by atoms with Crippen LogP contribution in [-0.2, 0) is 14.8 Å². The van der Waals surface area contributed by atoms with Gasteiger partial charge in [-0.1, -0.05) is 43.1 Å². The summed E-state index contributed by atoms with van der Waals surface area (Å²) in [6.07, 6.45) is 1.54. The number of benzene rings is 1. The molecule has 2 aromatic rings. The Labute approximate surface area is 154 Å². The summed E-state index contributed by atoms with van der Waals surface area (Å²) in [6, 6.07) is 3.37. The second-order valence-electron chi connectivity index (χ2n) is 5.22. The Kier molecular flexibility index (Phi) is 6.22. The Morgan fingerprint density at radius 3 is 2.38 bits per heavy atom. The van der Waals surface area contributed by atoms with Crippen LogP contribution in [0, 0.1) is 5.92 Å². The fraction of sp³-hybridized carbons (Fsp3) is 0.286. The number of sulfonamides is 1. The molecule has 0 radical (unpaired) electrons. The van der Waals surface area contributed by atoms with Gasteiger partial charge in [-0.05, 0) is 18.1 Å². The largest absolute Gasteiger partial charge is 0.301 e. The lowest BCUT2D eigenvalue weighted by Gasteiger charge is -2.21. The summed E-state index contributed by atoms with van der Waals surface area (Å²) in [5.74, 6) is -0.812. The molecule has 24 heavy (non-hydrogen) atoms. The molecule has 0 aliphatic carbocycles. The third kappa shape index (κ3) is 4.46. The summed E-state index contributed by atoms with van der Waals surface area (Å²) in [7, 11) is -4.08. The van der Waals surface area contributed by atoms with Crippen LogP contribution in [0.4, 0.5) is 5.13 Å². The molecule has 130 valence electrons. The van der Waals surface area contributed by atoms with Gasteiger partial charge in [0.2, 0.25) is 15.9 Å². The summed E-state index contributed by atoms with van der Waals surface area (Å²) in [4.78, 5) is 16.1. The van der Waals surface area contributed by atoms with Crippen LogP contribution in [0.5, 0.6) is 0 Å². The van der Waals surface area contributed by atoms with Gasteiger partial charge in [-0.25, -0.2) is 13.4 Å². The number of aromatic nitrogens is 1. The van der Waals surface area contributed by atoms with Crippen LogP contribution >= 0.6 is 34.5 Å². The number of rotatable bonds is 6. The van der Waals surface area contributed by atoms with E-state index in [0.717, 1.165) is 0 Å². The quantitative estimate of drug-likeness (QED) is 0.767. The predicted molar refractivity (Wildman–Crippen MR) is 96.2 cm³/mol. The van der Waals surface area contributed by atoms with Gasteiger partial charge in [0, 0.05) is 11.6 Å². The number of halogens is 2. The van der Waals surface area contributed by atoms with Crippen molar-refractivity contribution in [1.82, 2.24) is 9.71 Å². The molecular formula is C14H15Cl2N3O3S2. The maximum atomic E-state index is 12.6. The van der Waals surface area contributed by atoms with Crippen molar-refractivity contribution < 1.29 is 13.2 Å². The average Bonchev–Trinajstić information content (AvgIpc) is 2.96. The maximum absolute atomic E-state index is 12.6. The van der Waals surface area contributed by atoms with Crippen LogP contribution < -0.4 is 10.0 Å². The van der Waals surface area contributed by atoms with Gasteiger partial charge in [-0.2, -0.15) is 4.72 Å². The van der Waals surface area contributed by atoms with Gasteiger partial charge in [0.25, 0.3) is 0 Å². The lowest BCUT2D eigenvalue weighted by molar-refractivity contribution is -0.118. The smallest absolute Gasteiger partial charge is 0.244 e. The summed E-state index contributed by atoms with van der Waals surface area (Å²) in [5.41, 5.74) is 0. The zero-order chi connectivity index (χ0) is 17.9. The van der Waals surface area contributed by atoms with E-state index in [1.54, 1.807) is 31.5 Å². The Hall–Kier alpha value is -1.19. The molecule has 1 aromatic carbocycles. The van der Waals surface area contributed by atoms with Crippen LogP contribution in [0.2, 0.25) is 10.0 Å². The van der Waals surface area contributed by atoms with Crippen molar-refractivity contribution in [3.05, 3.63) is 39.8 Å². The van der Waals surface area contributed by atoms with Gasteiger partial charge < -0.3 is 5.32 Å². The van der Waals surface area contributed by atoms with Gasteiger partial charge in [0.15, 0.2) is 5.13 Å². The number of nitrogens with zero attached hydrogens (tertiary/aromatic N) is 1. The summed E-state index contributed by atoms with van der Waals surface area (Å²) >= 11 is 13.2. The molecule has 0 fully saturated rings. The Bertz CT molecular complexity index is 804. The number of hydrogen-bond acceptors (Lipinski definition) is 5. The molecule has 2 rings (SSSR count). The van der Waals surface area contributed by atoms with Crippen molar-refractivity contribution in [2.75, 3.05) is 5.32 Å². The molecule has 0 spiro atoms. The molecule has 10 heteroatoms. The topological polar surface area (TPSA) is 88.2 Å². The van der Waals surface area contributed by atoms with Gasteiger partial charge in [-0.15, -0.1) is 11.3 Å². The highest BCUT2D eigenvalue weighted by atomic mass is 35.5. The number of carbonyl (C=O) groups is 1. The summed E-state index contributed by atoms with van der Waals surface area (Å²) in [6.45, 7) is 3.45. The van der Waals surface area contributed by atoms with Crippen LogP contribution in [-0.4, -0.2) is 25.4 Å². The first-order valence-corrected chi connectivity index (χ1v) is 10.0. The average molecular weight is 408 g/mol. The van der Waals surface area contributed by atoms with E-state index >= 15 is 0 Å². The molecule has 0 saturated carbocycles. The van der Waals surface area contributed by atoms with Crippen molar-refractivity contribution in [2.24, 2.45) is 5.92 Å². The summed E-state index contributed by atoms with van der Waals surface area (Å²) < 4.78 is 27.6. The SMILES string of the molecule is CC(C)[C@H](NS(=O)(=O)c1c(Cl)cccc1Cl)C(=O)Nc1nccs1. The molecule has 2 N–H and O–H groups in total. The molecule has 1 amide bonds. The van der Waals surface area contributed by atoms with E-state index in [-0.39, 0.29) is 20.9 Å². The number of thiazole rings is 1. The van der Waals surface area contributed by atoms with E-state index in [4.69, 9.17) is 23.2 Å². The number of anilines is 1. The van der Waals surface area contributed by atoms with E-state index in [1.807, 2.05) is 0 Å². The van der Waals surface area contributed by atoms with Crippen LogP contribution in [0.3, 0.4) is 0 Å².